The van der Waals surface area contributed by atoms with Gasteiger partial charge in [0.2, 0.25) is 5.91 Å². The fourth-order valence-corrected chi connectivity index (χ4v) is 4.45. The summed E-state index contributed by atoms with van der Waals surface area (Å²) in [5.74, 6) is 0.856. The Morgan fingerprint density at radius 3 is 2.83 bits per heavy atom. The predicted octanol–water partition coefficient (Wildman–Crippen LogP) is 1.52. The fourth-order valence-electron chi connectivity index (χ4n) is 4.45. The molecule has 0 bridgehead atoms. The van der Waals surface area contributed by atoms with Crippen molar-refractivity contribution in [2.24, 2.45) is 7.05 Å². The van der Waals surface area contributed by atoms with E-state index >= 15 is 0 Å². The molecular weight excluding hydrogens is 385 g/mol. The largest absolute Gasteiger partial charge is 0.349 e. The van der Waals surface area contributed by atoms with Crippen molar-refractivity contribution in [1.82, 2.24) is 34.8 Å². The van der Waals surface area contributed by atoms with E-state index in [0.29, 0.717) is 17.8 Å². The molecule has 156 valence electrons. The Hall–Kier alpha value is -3.07. The number of aryl methyl sites for hydroxylation is 1. The van der Waals surface area contributed by atoms with Crippen molar-refractivity contribution in [1.29, 1.82) is 0 Å². The Kier molecular flexibility index (Phi) is 4.62. The molecule has 2 aliphatic heterocycles. The number of nitrogens with one attached hydrogen (secondary N) is 1. The molecule has 9 heteroatoms. The van der Waals surface area contributed by atoms with Crippen molar-refractivity contribution in [3.8, 4) is 11.4 Å². The molecule has 0 atom stereocenters. The van der Waals surface area contributed by atoms with Crippen LogP contribution in [0.4, 0.5) is 4.39 Å². The summed E-state index contributed by atoms with van der Waals surface area (Å²) in [6.45, 7) is 2.77. The van der Waals surface area contributed by atoms with Crippen LogP contribution in [0.5, 0.6) is 0 Å². The first-order chi connectivity index (χ1) is 14.5. The van der Waals surface area contributed by atoms with Gasteiger partial charge in [0, 0.05) is 56.0 Å². The second-order valence-electron chi connectivity index (χ2n) is 8.32. The molecule has 1 aromatic carbocycles. The molecule has 8 nitrogen and oxygen atoms in total. The molecule has 2 aromatic heterocycles. The first kappa shape index (κ1) is 18.9. The molecule has 3 aromatic rings. The van der Waals surface area contributed by atoms with Crippen LogP contribution in [0.2, 0.25) is 0 Å². The predicted molar refractivity (Wildman–Crippen MR) is 108 cm³/mol. The molecule has 0 saturated carbocycles. The minimum absolute atomic E-state index is 0.0508. The zero-order valence-electron chi connectivity index (χ0n) is 16.9. The van der Waals surface area contributed by atoms with Gasteiger partial charge < -0.3 is 5.32 Å². The van der Waals surface area contributed by atoms with Crippen LogP contribution in [0.1, 0.15) is 24.2 Å². The number of fused-ring (bicyclic) bond motifs is 1. The van der Waals surface area contributed by atoms with E-state index in [-0.39, 0.29) is 23.8 Å². The van der Waals surface area contributed by atoms with Crippen molar-refractivity contribution in [2.75, 3.05) is 13.1 Å². The van der Waals surface area contributed by atoms with Crippen LogP contribution in [0.25, 0.3) is 11.4 Å². The highest BCUT2D eigenvalue weighted by atomic mass is 19.1. The lowest BCUT2D eigenvalue weighted by Gasteiger charge is -2.41. The number of carbonyl (C=O) groups is 1. The number of likely N-dealkylation sites (tertiary alicyclic amines) is 1. The summed E-state index contributed by atoms with van der Waals surface area (Å²) in [5.41, 5.74) is 1.50. The van der Waals surface area contributed by atoms with Gasteiger partial charge in [-0.2, -0.15) is 10.2 Å². The maximum atomic E-state index is 13.6. The highest BCUT2D eigenvalue weighted by Crippen LogP contribution is 2.29. The van der Waals surface area contributed by atoms with Crippen molar-refractivity contribution < 1.29 is 9.18 Å². The van der Waals surface area contributed by atoms with Gasteiger partial charge in [0.15, 0.2) is 5.82 Å². The number of rotatable bonds is 3. The van der Waals surface area contributed by atoms with Crippen LogP contribution < -0.4 is 5.32 Å². The van der Waals surface area contributed by atoms with Crippen LogP contribution in [-0.2, 0) is 31.4 Å². The van der Waals surface area contributed by atoms with Gasteiger partial charge in [-0.15, -0.1) is 0 Å². The Morgan fingerprint density at radius 2 is 2.10 bits per heavy atom. The lowest BCUT2D eigenvalue weighted by molar-refractivity contribution is -0.123. The smallest absolute Gasteiger partial charge is 0.242 e. The number of hydrogen-bond donors (Lipinski definition) is 1. The van der Waals surface area contributed by atoms with Crippen molar-refractivity contribution in [3.63, 3.8) is 0 Å². The van der Waals surface area contributed by atoms with Gasteiger partial charge >= 0.3 is 0 Å². The third-order valence-corrected chi connectivity index (χ3v) is 6.00. The Bertz CT molecular complexity index is 1080. The van der Waals surface area contributed by atoms with Crippen LogP contribution >= 0.6 is 0 Å². The quantitative estimate of drug-likeness (QED) is 0.710. The first-order valence-electron chi connectivity index (χ1n) is 10.2. The topological polar surface area (TPSA) is 80.9 Å². The van der Waals surface area contributed by atoms with Crippen molar-refractivity contribution in [3.05, 3.63) is 53.9 Å². The van der Waals surface area contributed by atoms with E-state index < -0.39 is 0 Å². The van der Waals surface area contributed by atoms with Crippen LogP contribution in [0.15, 0.2) is 36.7 Å². The Balaban J connectivity index is 1.34. The average molecular weight is 409 g/mol. The molecule has 1 fully saturated rings. The number of benzene rings is 1. The number of aromatic nitrogens is 5. The summed E-state index contributed by atoms with van der Waals surface area (Å²) in [7, 11) is 1.92. The SMILES string of the molecule is Cn1cc(CN2CCC3(CC2)Cc2nc(-c4cccc(F)c4)nn2CC(=O)N3)cn1. The van der Waals surface area contributed by atoms with Gasteiger partial charge in [0.1, 0.15) is 18.2 Å². The average Bonchev–Trinajstić information content (AvgIpc) is 3.26. The molecular formula is C21H24FN7O. The van der Waals surface area contributed by atoms with Gasteiger partial charge in [0.05, 0.1) is 6.20 Å². The van der Waals surface area contributed by atoms with Gasteiger partial charge in [-0.25, -0.2) is 14.1 Å². The highest BCUT2D eigenvalue weighted by molar-refractivity contribution is 5.77. The van der Waals surface area contributed by atoms with E-state index in [4.69, 9.17) is 0 Å². The lowest BCUT2D eigenvalue weighted by Crippen LogP contribution is -2.55. The van der Waals surface area contributed by atoms with Gasteiger partial charge in [-0.1, -0.05) is 12.1 Å². The third kappa shape index (κ3) is 3.72. The Labute approximate surface area is 173 Å². The van der Waals surface area contributed by atoms with Crippen LogP contribution in [0, 0.1) is 5.82 Å². The minimum atomic E-state index is -0.326. The monoisotopic (exact) mass is 409 g/mol. The summed E-state index contributed by atoms with van der Waals surface area (Å²) >= 11 is 0. The second kappa shape index (κ2) is 7.32. The van der Waals surface area contributed by atoms with Gasteiger partial charge in [0.25, 0.3) is 0 Å². The molecule has 4 heterocycles. The number of halogens is 1. The van der Waals surface area contributed by atoms with E-state index in [1.807, 2.05) is 24.1 Å². The normalized spacial score (nSPS) is 18.8. The van der Waals surface area contributed by atoms with Gasteiger partial charge in [-0.3, -0.25) is 14.4 Å². The molecule has 1 spiro atoms. The maximum Gasteiger partial charge on any atom is 0.242 e. The maximum absolute atomic E-state index is 13.6. The van der Waals surface area contributed by atoms with Crippen LogP contribution in [0.3, 0.4) is 0 Å². The second-order valence-corrected chi connectivity index (χ2v) is 8.32. The molecule has 1 amide bonds. The molecule has 0 aliphatic carbocycles. The van der Waals surface area contributed by atoms with E-state index in [1.165, 1.54) is 17.7 Å². The number of carbonyl (C=O) groups excluding carboxylic acids is 1. The molecule has 0 unspecified atom stereocenters. The summed E-state index contributed by atoms with van der Waals surface area (Å²) in [4.78, 5) is 19.7. The minimum Gasteiger partial charge on any atom is -0.349 e. The molecule has 2 aliphatic rings. The molecule has 1 saturated heterocycles. The van der Waals surface area contributed by atoms with E-state index in [1.54, 1.807) is 16.8 Å². The summed E-state index contributed by atoms with van der Waals surface area (Å²) in [5, 5.41) is 12.0. The summed E-state index contributed by atoms with van der Waals surface area (Å²) < 4.78 is 17.1. The first-order valence-corrected chi connectivity index (χ1v) is 10.2. The zero-order chi connectivity index (χ0) is 20.7. The number of piperidine rings is 1. The molecule has 30 heavy (non-hydrogen) atoms. The molecule has 0 radical (unpaired) electrons. The van der Waals surface area contributed by atoms with Gasteiger partial charge in [-0.05, 0) is 25.0 Å². The van der Waals surface area contributed by atoms with Crippen molar-refractivity contribution >= 4 is 5.91 Å². The molecule has 5 rings (SSSR count). The summed E-state index contributed by atoms with van der Waals surface area (Å²) in [6, 6.07) is 6.24. The van der Waals surface area contributed by atoms with E-state index in [9.17, 15) is 9.18 Å². The fraction of sp³-hybridized carbons (Fsp3) is 0.429. The third-order valence-electron chi connectivity index (χ3n) is 6.00. The van der Waals surface area contributed by atoms with E-state index in [2.05, 4.69) is 25.4 Å². The number of nitrogens with zero attached hydrogens (tertiary/aromatic N) is 6. The van der Waals surface area contributed by atoms with E-state index in [0.717, 1.165) is 38.3 Å². The molecule has 1 N–H and O–H groups in total. The lowest BCUT2D eigenvalue weighted by atomic mass is 9.84. The van der Waals surface area contributed by atoms with Crippen LogP contribution in [-0.4, -0.2) is 54.0 Å². The highest BCUT2D eigenvalue weighted by Gasteiger charge is 2.40. The zero-order valence-corrected chi connectivity index (χ0v) is 16.9. The van der Waals surface area contributed by atoms with Crippen molar-refractivity contribution in [2.45, 2.75) is 37.9 Å². The summed E-state index contributed by atoms with van der Waals surface area (Å²) in [6.07, 6.45) is 6.26. The number of hydrogen-bond acceptors (Lipinski definition) is 5. The standard InChI is InChI=1S/C21H24FN7O/c1-27-12-15(11-23-27)13-28-7-5-21(6-8-28)10-18-24-20(16-3-2-4-17(22)9-16)26-29(18)14-19(30)25-21/h2-4,9,11-12H,5-8,10,13-14H2,1H3,(H,25,30). The number of amides is 1. The Morgan fingerprint density at radius 1 is 1.27 bits per heavy atom.